The number of carbonyl (C=O) groups excluding carboxylic acids is 2. The van der Waals surface area contributed by atoms with Gasteiger partial charge in [-0.05, 0) is 19.8 Å². The lowest BCUT2D eigenvalue weighted by molar-refractivity contribution is -0.351. The monoisotopic (exact) mass is 468 g/mol. The van der Waals surface area contributed by atoms with Crippen molar-refractivity contribution in [1.82, 2.24) is 4.90 Å². The van der Waals surface area contributed by atoms with Gasteiger partial charge in [-0.25, -0.2) is 13.2 Å². The maximum Gasteiger partial charge on any atom is 0.466 e. The highest BCUT2D eigenvalue weighted by Crippen LogP contribution is 2.38. The summed E-state index contributed by atoms with van der Waals surface area (Å²) in [6.07, 6.45) is -7.32. The lowest BCUT2D eigenvalue weighted by atomic mass is 10.2. The lowest BCUT2D eigenvalue weighted by Crippen LogP contribution is -2.62. The van der Waals surface area contributed by atoms with E-state index in [1.807, 2.05) is 0 Å². The molecular weight excluding hydrogens is 445 g/mol. The van der Waals surface area contributed by atoms with Crippen molar-refractivity contribution in [1.29, 1.82) is 0 Å². The van der Waals surface area contributed by atoms with E-state index in [0.29, 0.717) is 4.90 Å². The molecule has 1 unspecified atom stereocenters. The summed E-state index contributed by atoms with van der Waals surface area (Å²) in [6, 6.07) is 0. The van der Waals surface area contributed by atoms with Gasteiger partial charge in [-0.1, -0.05) is 20.4 Å². The van der Waals surface area contributed by atoms with Crippen molar-refractivity contribution in [3.8, 4) is 0 Å². The summed E-state index contributed by atoms with van der Waals surface area (Å²) in [7, 11) is -6.21. The molecule has 176 valence electrons. The molecule has 0 saturated heterocycles. The van der Waals surface area contributed by atoms with Gasteiger partial charge in [0.15, 0.2) is 10.1 Å². The molecule has 1 atom stereocenters. The first-order valence-electron chi connectivity index (χ1n) is 8.69. The van der Waals surface area contributed by atoms with Crippen LogP contribution >= 0.6 is 0 Å². The fraction of sp³-hybridized carbons (Fsp3) is 0.750. The highest BCUT2D eigenvalue weighted by molar-refractivity contribution is 7.86. The minimum Gasteiger partial charge on any atom is -0.743 e. The molecule has 1 amide bonds. The van der Waals surface area contributed by atoms with E-state index in [2.05, 4.69) is 16.1 Å². The second-order valence-electron chi connectivity index (χ2n) is 6.27. The molecule has 0 heterocycles. The maximum atomic E-state index is 13.9. The summed E-state index contributed by atoms with van der Waals surface area (Å²) in [6.45, 7) is 5.01. The largest absolute Gasteiger partial charge is 0.743 e. The Morgan fingerprint density at radius 2 is 1.53 bits per heavy atom. The first-order chi connectivity index (χ1) is 13.5. The van der Waals surface area contributed by atoms with Crippen LogP contribution in [0.15, 0.2) is 12.2 Å². The third-order valence-corrected chi connectivity index (χ3v) is 4.51. The van der Waals surface area contributed by atoms with Crippen molar-refractivity contribution >= 4 is 22.0 Å². The molecule has 0 aromatic carbocycles. The second-order valence-corrected chi connectivity index (χ2v) is 7.77. The fourth-order valence-corrected chi connectivity index (χ4v) is 2.45. The van der Waals surface area contributed by atoms with E-state index in [0.717, 1.165) is 6.92 Å². The Bertz CT molecular complexity index is 733. The van der Waals surface area contributed by atoms with Crippen LogP contribution in [-0.4, -0.2) is 66.7 Å². The number of hydrogen-bond acceptors (Lipinski definition) is 7. The average molecular weight is 468 g/mol. The number of carbonyl (C=O) groups is 2. The number of esters is 1. The summed E-state index contributed by atoms with van der Waals surface area (Å²) in [5.74, 6) is -7.92. The molecule has 0 spiro atoms. The quantitative estimate of drug-likeness (QED) is 0.142. The molecule has 14 heteroatoms. The molecule has 30 heavy (non-hydrogen) atoms. The van der Waals surface area contributed by atoms with Crippen molar-refractivity contribution in [3.63, 3.8) is 0 Å². The van der Waals surface area contributed by atoms with Gasteiger partial charge in [-0.3, -0.25) is 4.79 Å². The minimum atomic E-state index is -6.21. The molecule has 0 aromatic rings. The van der Waals surface area contributed by atoms with Crippen LogP contribution in [0, 0.1) is 0 Å². The number of amides is 1. The number of alkyl halides is 5. The number of hydrogen-bond donors (Lipinski definition) is 0. The van der Waals surface area contributed by atoms with Crippen molar-refractivity contribution in [2.24, 2.45) is 0 Å². The van der Waals surface area contributed by atoms with Crippen LogP contribution in [0.3, 0.4) is 0 Å². The minimum absolute atomic E-state index is 0.205. The Morgan fingerprint density at radius 3 is 1.87 bits per heavy atom. The summed E-state index contributed by atoms with van der Waals surface area (Å²) in [5, 5.41) is -4.97. The molecule has 0 N–H and O–H groups in total. The van der Waals surface area contributed by atoms with Crippen molar-refractivity contribution in [2.75, 3.05) is 19.7 Å². The zero-order valence-corrected chi connectivity index (χ0v) is 17.4. The Morgan fingerprint density at radius 1 is 1.07 bits per heavy atom. The second kappa shape index (κ2) is 10.5. The third-order valence-electron chi connectivity index (χ3n) is 3.58. The molecule has 0 bridgehead atoms. The van der Waals surface area contributed by atoms with E-state index in [9.17, 15) is 44.5 Å². The van der Waals surface area contributed by atoms with E-state index >= 15 is 0 Å². The van der Waals surface area contributed by atoms with E-state index in [1.165, 1.54) is 0 Å². The molecule has 0 aliphatic carbocycles. The Hall–Kier alpha value is -1.80. The van der Waals surface area contributed by atoms with Crippen molar-refractivity contribution in [2.45, 2.75) is 57.3 Å². The highest BCUT2D eigenvalue weighted by Gasteiger charge is 2.67. The molecule has 0 radical (unpaired) electrons. The molecule has 8 nitrogen and oxygen atoms in total. The van der Waals surface area contributed by atoms with Crippen LogP contribution in [0.2, 0.25) is 0 Å². The normalized spacial score (nSPS) is 14.7. The van der Waals surface area contributed by atoms with Crippen LogP contribution < -0.4 is 0 Å². The van der Waals surface area contributed by atoms with Gasteiger partial charge in [0.1, 0.15) is 0 Å². The van der Waals surface area contributed by atoms with Crippen LogP contribution in [-0.2, 0) is 29.2 Å². The number of halogens is 5. The van der Waals surface area contributed by atoms with Gasteiger partial charge in [0.25, 0.3) is 0 Å². The van der Waals surface area contributed by atoms with Gasteiger partial charge in [0.2, 0.25) is 0 Å². The molecule has 0 rings (SSSR count). The Balaban J connectivity index is 6.22. The molecule has 0 aliphatic heterocycles. The topological polar surface area (TPSA) is 113 Å². The predicted octanol–water partition coefficient (Wildman–Crippen LogP) is 2.56. The SMILES string of the molecule is C=C(C)C(=O)OC(OCCC(F)(F)S(=O)(=O)[O-])(C(=O)N(CCC)CCC)C(F)(F)F. The fourth-order valence-electron chi connectivity index (χ4n) is 2.11. The van der Waals surface area contributed by atoms with Crippen LogP contribution in [0.4, 0.5) is 22.0 Å². The summed E-state index contributed by atoms with van der Waals surface area (Å²) in [4.78, 5) is 25.2. The average Bonchev–Trinajstić information content (AvgIpc) is 2.57. The Kier molecular flexibility index (Phi) is 9.86. The first kappa shape index (κ1) is 28.2. The van der Waals surface area contributed by atoms with E-state index in [-0.39, 0.29) is 25.9 Å². The summed E-state index contributed by atoms with van der Waals surface area (Å²) in [5.41, 5.74) is -0.551. The molecular formula is C16H23F5NO7S-. The van der Waals surface area contributed by atoms with Gasteiger partial charge >= 0.3 is 29.1 Å². The number of ether oxygens (including phenoxy) is 2. The Labute approximate surface area is 170 Å². The van der Waals surface area contributed by atoms with E-state index in [1.54, 1.807) is 13.8 Å². The first-order valence-corrected chi connectivity index (χ1v) is 10.1. The predicted molar refractivity (Wildman–Crippen MR) is 92.1 cm³/mol. The van der Waals surface area contributed by atoms with Crippen LogP contribution in [0.1, 0.15) is 40.0 Å². The summed E-state index contributed by atoms with van der Waals surface area (Å²) < 4.78 is 108. The molecule has 0 fully saturated rings. The smallest absolute Gasteiger partial charge is 0.466 e. The van der Waals surface area contributed by atoms with Crippen LogP contribution in [0.5, 0.6) is 0 Å². The summed E-state index contributed by atoms with van der Waals surface area (Å²) >= 11 is 0. The zero-order valence-electron chi connectivity index (χ0n) is 16.6. The van der Waals surface area contributed by atoms with Gasteiger partial charge in [0.05, 0.1) is 6.61 Å². The highest BCUT2D eigenvalue weighted by atomic mass is 32.2. The lowest BCUT2D eigenvalue weighted by Gasteiger charge is -2.37. The van der Waals surface area contributed by atoms with Gasteiger partial charge < -0.3 is 18.9 Å². The van der Waals surface area contributed by atoms with E-state index in [4.69, 9.17) is 0 Å². The molecule has 0 aromatic heterocycles. The van der Waals surface area contributed by atoms with Gasteiger partial charge in [-0.2, -0.15) is 22.0 Å². The van der Waals surface area contributed by atoms with Crippen molar-refractivity contribution < 1.29 is 54.0 Å². The molecule has 0 saturated carbocycles. The number of rotatable bonds is 12. The standard InChI is InChI=1S/C16H24F5NO7S/c1-5-8-22(9-6-2)13(24)15(16(19,20)21,29-12(23)11(3)4)28-10-7-14(17,18)30(25,26)27/h3,5-10H2,1-2,4H3,(H,25,26,27)/p-1. The molecule has 0 aliphatic rings. The zero-order chi connectivity index (χ0) is 24.0. The van der Waals surface area contributed by atoms with Crippen LogP contribution in [0.25, 0.3) is 0 Å². The van der Waals surface area contributed by atoms with Crippen molar-refractivity contribution in [3.05, 3.63) is 12.2 Å². The maximum absolute atomic E-state index is 13.9. The number of nitrogens with zero attached hydrogens (tertiary/aromatic N) is 1. The van der Waals surface area contributed by atoms with E-state index < -0.39 is 57.8 Å². The van der Waals surface area contributed by atoms with Gasteiger partial charge in [-0.15, -0.1) is 0 Å². The third kappa shape index (κ3) is 6.87. The van der Waals surface area contributed by atoms with Gasteiger partial charge in [0, 0.05) is 25.1 Å².